The van der Waals surface area contributed by atoms with Gasteiger partial charge in [-0.3, -0.25) is 4.79 Å². The van der Waals surface area contributed by atoms with Crippen molar-refractivity contribution in [2.75, 3.05) is 5.32 Å². The van der Waals surface area contributed by atoms with Gasteiger partial charge in [0.05, 0.1) is 22.3 Å². The van der Waals surface area contributed by atoms with Gasteiger partial charge in [-0.05, 0) is 48.9 Å². The third kappa shape index (κ3) is 3.11. The van der Waals surface area contributed by atoms with Crippen LogP contribution in [0.3, 0.4) is 0 Å². The maximum absolute atomic E-state index is 12.2. The number of amides is 1. The molecular weight excluding hydrogens is 295 g/mol. The standard InChI is InChI=1S/C15H10Cl2N2O/c1-9-6-11(16)3-4-12(9)15(20)19-14-5-2-10(8-18)7-13(14)17/h2-7H,1H3,(H,19,20). The zero-order valence-corrected chi connectivity index (χ0v) is 12.1. The van der Waals surface area contributed by atoms with E-state index in [0.29, 0.717) is 26.9 Å². The van der Waals surface area contributed by atoms with Crippen LogP contribution in [-0.4, -0.2) is 5.91 Å². The van der Waals surface area contributed by atoms with E-state index in [0.717, 1.165) is 5.56 Å². The molecule has 2 aromatic carbocycles. The molecule has 0 fully saturated rings. The van der Waals surface area contributed by atoms with Crippen LogP contribution in [-0.2, 0) is 0 Å². The van der Waals surface area contributed by atoms with E-state index in [9.17, 15) is 4.79 Å². The van der Waals surface area contributed by atoms with Crippen LogP contribution in [0.4, 0.5) is 5.69 Å². The highest BCUT2D eigenvalue weighted by Crippen LogP contribution is 2.24. The molecule has 0 aliphatic carbocycles. The predicted molar refractivity (Wildman–Crippen MR) is 80.3 cm³/mol. The number of nitrogens with zero attached hydrogens (tertiary/aromatic N) is 1. The Kier molecular flexibility index (Phi) is 4.29. The summed E-state index contributed by atoms with van der Waals surface area (Å²) >= 11 is 11.9. The Bertz CT molecular complexity index is 720. The van der Waals surface area contributed by atoms with Crippen molar-refractivity contribution in [2.24, 2.45) is 0 Å². The number of carbonyl (C=O) groups excluding carboxylic acids is 1. The molecule has 0 aliphatic rings. The molecule has 0 heterocycles. The molecule has 0 bridgehead atoms. The normalized spacial score (nSPS) is 9.90. The average molecular weight is 305 g/mol. The van der Waals surface area contributed by atoms with Gasteiger partial charge in [-0.15, -0.1) is 0 Å². The highest BCUT2D eigenvalue weighted by molar-refractivity contribution is 6.34. The van der Waals surface area contributed by atoms with Gasteiger partial charge >= 0.3 is 0 Å². The summed E-state index contributed by atoms with van der Waals surface area (Å²) < 4.78 is 0. The molecule has 1 N–H and O–H groups in total. The van der Waals surface area contributed by atoms with Crippen LogP contribution < -0.4 is 5.32 Å². The maximum atomic E-state index is 12.2. The first-order valence-electron chi connectivity index (χ1n) is 5.78. The number of halogens is 2. The Morgan fingerprint density at radius 1 is 1.20 bits per heavy atom. The molecule has 0 aromatic heterocycles. The van der Waals surface area contributed by atoms with E-state index < -0.39 is 0 Å². The predicted octanol–water partition coefficient (Wildman–Crippen LogP) is 4.43. The summed E-state index contributed by atoms with van der Waals surface area (Å²) in [6.45, 7) is 1.81. The van der Waals surface area contributed by atoms with Gasteiger partial charge in [0.1, 0.15) is 0 Å². The minimum absolute atomic E-state index is 0.272. The first-order valence-corrected chi connectivity index (χ1v) is 6.54. The van der Waals surface area contributed by atoms with E-state index in [1.807, 2.05) is 6.07 Å². The van der Waals surface area contributed by atoms with Gasteiger partial charge < -0.3 is 5.32 Å². The Labute approximate surface area is 126 Å². The molecule has 0 saturated heterocycles. The van der Waals surface area contributed by atoms with Crippen molar-refractivity contribution in [3.05, 3.63) is 63.1 Å². The van der Waals surface area contributed by atoms with E-state index in [1.165, 1.54) is 6.07 Å². The fourth-order valence-corrected chi connectivity index (χ4v) is 2.21. The van der Waals surface area contributed by atoms with Crippen LogP contribution >= 0.6 is 23.2 Å². The van der Waals surface area contributed by atoms with Crippen LogP contribution in [0, 0.1) is 18.3 Å². The van der Waals surface area contributed by atoms with E-state index in [2.05, 4.69) is 5.32 Å². The smallest absolute Gasteiger partial charge is 0.255 e. The number of aryl methyl sites for hydroxylation is 1. The summed E-state index contributed by atoms with van der Waals surface area (Å²) in [5.74, 6) is -0.272. The van der Waals surface area contributed by atoms with Crippen molar-refractivity contribution >= 4 is 34.8 Å². The third-order valence-corrected chi connectivity index (χ3v) is 3.33. The van der Waals surface area contributed by atoms with Crippen LogP contribution in [0.15, 0.2) is 36.4 Å². The molecule has 20 heavy (non-hydrogen) atoms. The molecule has 3 nitrogen and oxygen atoms in total. The van der Waals surface area contributed by atoms with Crippen LogP contribution in [0.25, 0.3) is 0 Å². The fraction of sp³-hybridized carbons (Fsp3) is 0.0667. The SMILES string of the molecule is Cc1cc(Cl)ccc1C(=O)Nc1ccc(C#N)cc1Cl. The third-order valence-electron chi connectivity index (χ3n) is 2.78. The summed E-state index contributed by atoms with van der Waals surface area (Å²) in [5, 5.41) is 12.4. The Morgan fingerprint density at radius 3 is 2.55 bits per heavy atom. The fourth-order valence-electron chi connectivity index (χ4n) is 1.76. The maximum Gasteiger partial charge on any atom is 0.255 e. The summed E-state index contributed by atoms with van der Waals surface area (Å²) in [7, 11) is 0. The number of hydrogen-bond donors (Lipinski definition) is 1. The van der Waals surface area contributed by atoms with Gasteiger partial charge in [0.15, 0.2) is 0 Å². The molecule has 0 radical (unpaired) electrons. The number of hydrogen-bond acceptors (Lipinski definition) is 2. The zero-order chi connectivity index (χ0) is 14.7. The monoisotopic (exact) mass is 304 g/mol. The minimum Gasteiger partial charge on any atom is -0.321 e. The van der Waals surface area contributed by atoms with Crippen molar-refractivity contribution in [3.63, 3.8) is 0 Å². The van der Waals surface area contributed by atoms with Gasteiger partial charge in [0, 0.05) is 10.6 Å². The van der Waals surface area contributed by atoms with E-state index >= 15 is 0 Å². The highest BCUT2D eigenvalue weighted by atomic mass is 35.5. The molecule has 0 saturated carbocycles. The number of carbonyl (C=O) groups is 1. The van der Waals surface area contributed by atoms with Crippen molar-refractivity contribution in [3.8, 4) is 6.07 Å². The molecule has 1 amide bonds. The van der Waals surface area contributed by atoms with Crippen LogP contribution in [0.2, 0.25) is 10.0 Å². The Hall–Kier alpha value is -2.02. The lowest BCUT2D eigenvalue weighted by Gasteiger charge is -2.09. The molecule has 5 heteroatoms. The Morgan fingerprint density at radius 2 is 1.95 bits per heavy atom. The Balaban J connectivity index is 2.26. The lowest BCUT2D eigenvalue weighted by Crippen LogP contribution is -2.13. The molecule has 0 spiro atoms. The van der Waals surface area contributed by atoms with E-state index in [-0.39, 0.29) is 5.91 Å². The topological polar surface area (TPSA) is 52.9 Å². The summed E-state index contributed by atoms with van der Waals surface area (Å²) in [6, 6.07) is 11.7. The van der Waals surface area contributed by atoms with Crippen molar-refractivity contribution < 1.29 is 4.79 Å². The van der Waals surface area contributed by atoms with E-state index in [1.54, 1.807) is 37.3 Å². The number of benzene rings is 2. The molecule has 0 aliphatic heterocycles. The first kappa shape index (κ1) is 14.4. The zero-order valence-electron chi connectivity index (χ0n) is 10.6. The highest BCUT2D eigenvalue weighted by Gasteiger charge is 2.11. The second-order valence-corrected chi connectivity index (χ2v) is 5.06. The van der Waals surface area contributed by atoms with E-state index in [4.69, 9.17) is 28.5 Å². The first-order chi connectivity index (χ1) is 9.51. The largest absolute Gasteiger partial charge is 0.321 e. The van der Waals surface area contributed by atoms with Crippen molar-refractivity contribution in [1.82, 2.24) is 0 Å². The quantitative estimate of drug-likeness (QED) is 0.892. The molecule has 0 atom stereocenters. The van der Waals surface area contributed by atoms with Crippen LogP contribution in [0.5, 0.6) is 0 Å². The van der Waals surface area contributed by atoms with Gasteiger partial charge in [0.25, 0.3) is 5.91 Å². The molecule has 100 valence electrons. The lowest BCUT2D eigenvalue weighted by molar-refractivity contribution is 0.102. The molecule has 2 rings (SSSR count). The minimum atomic E-state index is -0.272. The summed E-state index contributed by atoms with van der Waals surface area (Å²) in [6.07, 6.45) is 0. The number of nitriles is 1. The average Bonchev–Trinajstić information content (AvgIpc) is 2.40. The lowest BCUT2D eigenvalue weighted by atomic mass is 10.1. The number of rotatable bonds is 2. The number of anilines is 1. The van der Waals surface area contributed by atoms with Gasteiger partial charge in [-0.2, -0.15) is 5.26 Å². The second-order valence-electron chi connectivity index (χ2n) is 4.22. The number of nitrogens with one attached hydrogen (secondary N) is 1. The molecule has 2 aromatic rings. The van der Waals surface area contributed by atoms with Gasteiger partial charge in [-0.1, -0.05) is 23.2 Å². The van der Waals surface area contributed by atoms with Crippen LogP contribution in [0.1, 0.15) is 21.5 Å². The van der Waals surface area contributed by atoms with Gasteiger partial charge in [-0.25, -0.2) is 0 Å². The summed E-state index contributed by atoms with van der Waals surface area (Å²) in [5.41, 5.74) is 2.20. The molecule has 0 unspecified atom stereocenters. The summed E-state index contributed by atoms with van der Waals surface area (Å²) in [4.78, 5) is 12.2. The van der Waals surface area contributed by atoms with Gasteiger partial charge in [0.2, 0.25) is 0 Å². The van der Waals surface area contributed by atoms with Crippen molar-refractivity contribution in [1.29, 1.82) is 5.26 Å². The van der Waals surface area contributed by atoms with Crippen molar-refractivity contribution in [2.45, 2.75) is 6.92 Å². The second kappa shape index (κ2) is 5.96. The molecular formula is C15H10Cl2N2O.